The van der Waals surface area contributed by atoms with Crippen LogP contribution in [0.2, 0.25) is 5.02 Å². The van der Waals surface area contributed by atoms with Gasteiger partial charge in [-0.05, 0) is 37.1 Å². The number of unbranched alkanes of at least 4 members (excludes halogenated alkanes) is 1. The Labute approximate surface area is 146 Å². The van der Waals surface area contributed by atoms with E-state index >= 15 is 0 Å². The quantitative estimate of drug-likeness (QED) is 0.763. The molecule has 128 valence electrons. The minimum atomic E-state index is -3.55. The summed E-state index contributed by atoms with van der Waals surface area (Å²) in [5, 5.41) is 0.541. The Hall–Kier alpha value is -1.83. The van der Waals surface area contributed by atoms with Crippen LogP contribution in [0.25, 0.3) is 6.08 Å². The first-order chi connectivity index (χ1) is 11.5. The van der Waals surface area contributed by atoms with Crippen molar-refractivity contribution >= 4 is 27.7 Å². The van der Waals surface area contributed by atoms with Crippen LogP contribution in [0.15, 0.2) is 41.8 Å². The third-order valence-electron chi connectivity index (χ3n) is 3.70. The van der Waals surface area contributed by atoms with Crippen LogP contribution in [0.4, 0.5) is 0 Å². The molecule has 1 N–H and O–H groups in total. The molecule has 0 amide bonds. The first-order valence-corrected chi connectivity index (χ1v) is 9.49. The molecule has 0 aliphatic carbocycles. The summed E-state index contributed by atoms with van der Waals surface area (Å²) in [5.41, 5.74) is 0.675. The number of hydrogen-bond acceptors (Lipinski definition) is 4. The molecule has 3 rings (SSSR count). The van der Waals surface area contributed by atoms with E-state index in [2.05, 4.69) is 9.71 Å². The van der Waals surface area contributed by atoms with Crippen molar-refractivity contribution in [1.82, 2.24) is 14.3 Å². The highest BCUT2D eigenvalue weighted by Gasteiger charge is 2.22. The van der Waals surface area contributed by atoms with Crippen molar-refractivity contribution < 1.29 is 13.2 Å². The number of sulfonamides is 1. The molecule has 6 nitrogen and oxygen atoms in total. The van der Waals surface area contributed by atoms with Crippen LogP contribution in [0.3, 0.4) is 0 Å². The lowest BCUT2D eigenvalue weighted by Crippen LogP contribution is -2.29. The van der Waals surface area contributed by atoms with Crippen LogP contribution >= 0.6 is 11.6 Å². The largest absolute Gasteiger partial charge is 0.487 e. The molecule has 24 heavy (non-hydrogen) atoms. The van der Waals surface area contributed by atoms with E-state index in [-0.39, 0.29) is 11.5 Å². The first kappa shape index (κ1) is 17.0. The second kappa shape index (κ2) is 7.38. The van der Waals surface area contributed by atoms with E-state index < -0.39 is 10.0 Å². The normalized spacial score (nSPS) is 14.0. The van der Waals surface area contributed by atoms with Crippen LogP contribution in [-0.2, 0) is 16.6 Å². The Balaban J connectivity index is 1.55. The van der Waals surface area contributed by atoms with Gasteiger partial charge in [-0.2, -0.15) is 0 Å². The second-order valence-corrected chi connectivity index (χ2v) is 7.74. The van der Waals surface area contributed by atoms with Gasteiger partial charge in [-0.1, -0.05) is 11.6 Å². The molecule has 0 unspecified atom stereocenters. The SMILES string of the molecule is O=S(=O)(NCCCCn1ccnc1)C1=Cc2cc(Cl)ccc2OC1. The Morgan fingerprint density at radius 3 is 3.00 bits per heavy atom. The van der Waals surface area contributed by atoms with E-state index in [1.165, 1.54) is 0 Å². The molecule has 0 radical (unpaired) electrons. The van der Waals surface area contributed by atoms with E-state index in [4.69, 9.17) is 16.3 Å². The fraction of sp³-hybridized carbons (Fsp3) is 0.312. The van der Waals surface area contributed by atoms with E-state index in [1.807, 2.05) is 10.8 Å². The first-order valence-electron chi connectivity index (χ1n) is 7.63. The van der Waals surface area contributed by atoms with E-state index in [0.717, 1.165) is 19.4 Å². The van der Waals surface area contributed by atoms with Crippen molar-refractivity contribution in [1.29, 1.82) is 0 Å². The average molecular weight is 368 g/mol. The molecular weight excluding hydrogens is 350 g/mol. The molecule has 1 aliphatic rings. The number of aromatic nitrogens is 2. The van der Waals surface area contributed by atoms with Gasteiger partial charge in [0.25, 0.3) is 0 Å². The molecule has 0 spiro atoms. The third kappa shape index (κ3) is 4.17. The Bertz CT molecular complexity index is 832. The van der Waals surface area contributed by atoms with E-state index in [1.54, 1.807) is 36.8 Å². The number of imidazole rings is 1. The maximum Gasteiger partial charge on any atom is 0.240 e. The van der Waals surface area contributed by atoms with Gasteiger partial charge >= 0.3 is 0 Å². The van der Waals surface area contributed by atoms with Crippen LogP contribution in [0.5, 0.6) is 5.75 Å². The van der Waals surface area contributed by atoms with E-state index in [0.29, 0.717) is 22.9 Å². The molecule has 1 aliphatic heterocycles. The molecule has 2 aromatic rings. The number of aryl methyl sites for hydroxylation is 1. The van der Waals surface area contributed by atoms with Crippen LogP contribution in [0.1, 0.15) is 18.4 Å². The number of benzene rings is 1. The molecule has 1 aromatic carbocycles. The number of hydrogen-bond donors (Lipinski definition) is 1. The highest BCUT2D eigenvalue weighted by molar-refractivity contribution is 7.93. The van der Waals surface area contributed by atoms with Gasteiger partial charge in [-0.25, -0.2) is 18.1 Å². The maximum absolute atomic E-state index is 12.4. The molecular formula is C16H18ClN3O3S. The molecule has 2 heterocycles. The molecule has 0 atom stereocenters. The minimum Gasteiger partial charge on any atom is -0.487 e. The van der Waals surface area contributed by atoms with Gasteiger partial charge in [-0.15, -0.1) is 0 Å². The van der Waals surface area contributed by atoms with Gasteiger partial charge in [0, 0.05) is 36.1 Å². The predicted octanol–water partition coefficient (Wildman–Crippen LogP) is 2.67. The smallest absolute Gasteiger partial charge is 0.240 e. The second-order valence-electron chi connectivity index (χ2n) is 5.49. The van der Waals surface area contributed by atoms with Crippen molar-refractivity contribution in [2.24, 2.45) is 0 Å². The van der Waals surface area contributed by atoms with Gasteiger partial charge in [0.05, 0.1) is 11.2 Å². The summed E-state index contributed by atoms with van der Waals surface area (Å²) in [6, 6.07) is 5.14. The molecule has 0 saturated carbocycles. The van der Waals surface area contributed by atoms with Crippen molar-refractivity contribution in [3.8, 4) is 5.75 Å². The van der Waals surface area contributed by atoms with Gasteiger partial charge in [0.15, 0.2) is 0 Å². The molecule has 1 aromatic heterocycles. The lowest BCUT2D eigenvalue weighted by molar-refractivity contribution is 0.353. The average Bonchev–Trinajstić information content (AvgIpc) is 3.07. The van der Waals surface area contributed by atoms with Gasteiger partial charge in [0.2, 0.25) is 10.0 Å². The standard InChI is InChI=1S/C16H18ClN3O3S/c17-14-3-4-16-13(9-14)10-15(11-23-16)24(21,22)19-5-1-2-7-20-8-6-18-12-20/h3-4,6,8-10,12,19H,1-2,5,7,11H2. The van der Waals surface area contributed by atoms with Crippen LogP contribution in [-0.4, -0.2) is 31.1 Å². The fourth-order valence-electron chi connectivity index (χ4n) is 2.42. The summed E-state index contributed by atoms with van der Waals surface area (Å²) in [6.07, 6.45) is 8.58. The lowest BCUT2D eigenvalue weighted by atomic mass is 10.1. The summed E-state index contributed by atoms with van der Waals surface area (Å²) >= 11 is 5.94. The van der Waals surface area contributed by atoms with Gasteiger partial charge in [0.1, 0.15) is 12.4 Å². The van der Waals surface area contributed by atoms with Crippen molar-refractivity contribution in [3.63, 3.8) is 0 Å². The zero-order valence-corrected chi connectivity index (χ0v) is 14.6. The van der Waals surface area contributed by atoms with Gasteiger partial charge in [-0.3, -0.25) is 0 Å². The summed E-state index contributed by atoms with van der Waals surface area (Å²) in [7, 11) is -3.55. The Morgan fingerprint density at radius 2 is 2.21 bits per heavy atom. The van der Waals surface area contributed by atoms with Crippen molar-refractivity contribution in [2.45, 2.75) is 19.4 Å². The molecule has 0 saturated heterocycles. The Kier molecular flexibility index (Phi) is 5.23. The number of halogens is 1. The number of ether oxygens (including phenoxy) is 1. The van der Waals surface area contributed by atoms with Gasteiger partial charge < -0.3 is 9.30 Å². The summed E-state index contributed by atoms with van der Waals surface area (Å²) in [6.45, 7) is 1.23. The zero-order valence-electron chi connectivity index (χ0n) is 13.0. The van der Waals surface area contributed by atoms with Crippen molar-refractivity contribution in [3.05, 3.63) is 52.4 Å². The minimum absolute atomic E-state index is 0.0268. The summed E-state index contributed by atoms with van der Waals surface area (Å²) < 4.78 is 34.8. The summed E-state index contributed by atoms with van der Waals surface area (Å²) in [4.78, 5) is 4.18. The van der Waals surface area contributed by atoms with Crippen LogP contribution < -0.4 is 9.46 Å². The fourth-order valence-corrected chi connectivity index (χ4v) is 3.70. The molecule has 8 heteroatoms. The number of rotatable bonds is 7. The monoisotopic (exact) mass is 367 g/mol. The van der Waals surface area contributed by atoms with E-state index in [9.17, 15) is 8.42 Å². The highest BCUT2D eigenvalue weighted by Crippen LogP contribution is 2.30. The third-order valence-corrected chi connectivity index (χ3v) is 5.44. The zero-order chi connectivity index (χ0) is 17.0. The maximum atomic E-state index is 12.4. The highest BCUT2D eigenvalue weighted by atomic mass is 35.5. The molecule has 0 fully saturated rings. The Morgan fingerprint density at radius 1 is 1.33 bits per heavy atom. The number of fused-ring (bicyclic) bond motifs is 1. The predicted molar refractivity (Wildman–Crippen MR) is 93.3 cm³/mol. The van der Waals surface area contributed by atoms with Crippen molar-refractivity contribution in [2.75, 3.05) is 13.2 Å². The summed E-state index contributed by atoms with van der Waals surface area (Å²) in [5.74, 6) is 0.638. The number of nitrogens with zero attached hydrogens (tertiary/aromatic N) is 2. The molecule has 0 bridgehead atoms. The number of nitrogens with one attached hydrogen (secondary N) is 1. The topological polar surface area (TPSA) is 73.2 Å². The van der Waals surface area contributed by atoms with Crippen LogP contribution in [0, 0.1) is 0 Å². The lowest BCUT2D eigenvalue weighted by Gasteiger charge is -2.18.